The molecule has 0 N–H and O–H groups in total. The van der Waals surface area contributed by atoms with E-state index in [9.17, 15) is 0 Å². The maximum atomic E-state index is 15.5. The summed E-state index contributed by atoms with van der Waals surface area (Å²) < 4.78 is 32.7. The first kappa shape index (κ1) is 32.2. The zero-order valence-electron chi connectivity index (χ0n) is 24.8. The lowest BCUT2D eigenvalue weighted by molar-refractivity contribution is 0.147. The Bertz CT molecular complexity index is 1480. The van der Waals surface area contributed by atoms with Crippen LogP contribution in [-0.2, 0) is 32.0 Å². The van der Waals surface area contributed by atoms with Gasteiger partial charge < -0.3 is 9.47 Å². The predicted octanol–water partition coefficient (Wildman–Crippen LogP) is 6.43. The number of methoxy groups -OCH3 is 1. The first-order chi connectivity index (χ1) is 19.1. The minimum absolute atomic E-state index is 0.167. The third-order valence-electron chi connectivity index (χ3n) is 6.64. The average Bonchev–Trinajstić information content (AvgIpc) is 3.52. The van der Waals surface area contributed by atoms with E-state index in [0.717, 1.165) is 12.2 Å². The largest absolute Gasteiger partial charge is 0.473 e. The summed E-state index contributed by atoms with van der Waals surface area (Å²) in [5.41, 5.74) is 6.57. The molecule has 9 nitrogen and oxygen atoms in total. The molecule has 4 aromatic rings. The first-order valence-corrected chi connectivity index (χ1v) is 17.3. The number of hydrogen-bond donors (Lipinski definition) is 0. The van der Waals surface area contributed by atoms with Gasteiger partial charge in [-0.05, 0) is 79.2 Å². The molecule has 3 heterocycles. The average molecular weight is 684 g/mol. The van der Waals surface area contributed by atoms with Crippen LogP contribution in [0, 0.1) is 19.7 Å². The highest BCUT2D eigenvalue weighted by molar-refractivity contribution is 14.2. The highest BCUT2D eigenvalue weighted by Crippen LogP contribution is 2.39. The monoisotopic (exact) mass is 683 g/mol. The third kappa shape index (κ3) is 6.58. The normalized spacial score (nSPS) is 12.4. The summed E-state index contributed by atoms with van der Waals surface area (Å²) in [6.45, 7) is 15.7. The quantitative estimate of drug-likeness (QED) is 0.134. The van der Waals surface area contributed by atoms with Crippen molar-refractivity contribution in [1.82, 2.24) is 34.0 Å². The lowest BCUT2D eigenvalue weighted by Crippen LogP contribution is -2.32. The van der Waals surface area contributed by atoms with Crippen molar-refractivity contribution in [3.63, 3.8) is 0 Å². The molecule has 0 saturated heterocycles. The van der Waals surface area contributed by atoms with Gasteiger partial charge in [-0.25, -0.2) is 13.5 Å². The Morgan fingerprint density at radius 3 is 2.45 bits per heavy atom. The van der Waals surface area contributed by atoms with Gasteiger partial charge in [0.15, 0.2) is 0 Å². The Hall–Kier alpha value is -2.34. The van der Waals surface area contributed by atoms with Gasteiger partial charge in [0.1, 0.15) is 17.4 Å². The van der Waals surface area contributed by atoms with Crippen LogP contribution in [0.5, 0.6) is 5.88 Å². The number of benzene rings is 1. The van der Waals surface area contributed by atoms with Crippen LogP contribution in [0.4, 0.5) is 4.39 Å². The van der Waals surface area contributed by atoms with Crippen molar-refractivity contribution in [2.24, 2.45) is 14.1 Å². The molecule has 0 saturated carbocycles. The molecule has 2 unspecified atom stereocenters. The van der Waals surface area contributed by atoms with Gasteiger partial charge in [0.25, 0.3) is 0 Å². The molecular weight excluding hydrogens is 643 g/mol. The third-order valence-corrected chi connectivity index (χ3v) is 8.49. The molecule has 0 radical (unpaired) electrons. The molecular formula is C28H40FIN7O2P. The van der Waals surface area contributed by atoms with Gasteiger partial charge >= 0.3 is 0 Å². The van der Waals surface area contributed by atoms with Crippen molar-refractivity contribution >= 4 is 45.4 Å². The van der Waals surface area contributed by atoms with E-state index in [2.05, 4.69) is 62.8 Å². The van der Waals surface area contributed by atoms with Gasteiger partial charge in [0.2, 0.25) is 5.88 Å². The van der Waals surface area contributed by atoms with Crippen LogP contribution >= 0.6 is 28.4 Å². The molecule has 3 aromatic heterocycles. The van der Waals surface area contributed by atoms with Crippen molar-refractivity contribution in [2.75, 3.05) is 20.7 Å². The van der Waals surface area contributed by atoms with Crippen LogP contribution in [-0.4, -0.2) is 60.8 Å². The van der Waals surface area contributed by atoms with Crippen molar-refractivity contribution in [2.45, 2.75) is 53.9 Å². The number of nitrogens with zero attached hydrogens (tertiary/aromatic N) is 7. The van der Waals surface area contributed by atoms with Gasteiger partial charge in [0, 0.05) is 39.7 Å². The molecule has 12 heteroatoms. The zero-order chi connectivity index (χ0) is 29.7. The summed E-state index contributed by atoms with van der Waals surface area (Å²) in [6.07, 6.45) is 1.75. The summed E-state index contributed by atoms with van der Waals surface area (Å²) in [7, 11) is 7.48. The van der Waals surface area contributed by atoms with E-state index in [1.807, 2.05) is 52.5 Å². The fraction of sp³-hybridized carbons (Fsp3) is 0.464. The van der Waals surface area contributed by atoms with Crippen LogP contribution in [0.2, 0.25) is 0 Å². The molecule has 0 fully saturated rings. The van der Waals surface area contributed by atoms with Crippen LogP contribution in [0.15, 0.2) is 18.7 Å². The zero-order valence-corrected chi connectivity index (χ0v) is 28.0. The number of aryl methyl sites for hydroxylation is 3. The van der Waals surface area contributed by atoms with Crippen LogP contribution in [0.1, 0.15) is 49.1 Å². The lowest BCUT2D eigenvalue weighted by Gasteiger charge is -2.23. The topological polar surface area (TPSA) is 75.2 Å². The molecule has 40 heavy (non-hydrogen) atoms. The second-order valence-electron chi connectivity index (χ2n) is 9.53. The van der Waals surface area contributed by atoms with Gasteiger partial charge in [0.05, 0.1) is 41.3 Å². The molecule has 0 aliphatic carbocycles. The lowest BCUT2D eigenvalue weighted by atomic mass is 10.0. The van der Waals surface area contributed by atoms with Crippen LogP contribution in [0.25, 0.3) is 28.1 Å². The summed E-state index contributed by atoms with van der Waals surface area (Å²) in [5, 5.41) is 14.4. The van der Waals surface area contributed by atoms with Gasteiger partial charge in [-0.2, -0.15) is 15.3 Å². The maximum Gasteiger partial charge on any atom is 0.220 e. The molecule has 4 rings (SSSR count). The Balaban J connectivity index is 0.00000216. The minimum Gasteiger partial charge on any atom is -0.473 e. The maximum absolute atomic E-state index is 15.5. The number of rotatable bonds is 11. The molecule has 0 aliphatic rings. The Morgan fingerprint density at radius 1 is 1.18 bits per heavy atom. The van der Waals surface area contributed by atoms with E-state index in [1.165, 1.54) is 17.3 Å². The van der Waals surface area contributed by atoms with E-state index in [0.29, 0.717) is 45.8 Å². The van der Waals surface area contributed by atoms with Crippen molar-refractivity contribution in [3.05, 3.63) is 52.9 Å². The summed E-state index contributed by atoms with van der Waals surface area (Å²) in [5.74, 6) is 0.211. The highest BCUT2D eigenvalue weighted by Gasteiger charge is 2.25. The van der Waals surface area contributed by atoms with E-state index >= 15 is 4.39 Å². The fourth-order valence-corrected chi connectivity index (χ4v) is 6.33. The molecule has 218 valence electrons. The van der Waals surface area contributed by atoms with Crippen molar-refractivity contribution in [1.29, 1.82) is 0 Å². The second-order valence-corrected chi connectivity index (χ2v) is 11.6. The minimum atomic E-state index is -0.352. The number of ether oxygens (including phenoxy) is 2. The van der Waals surface area contributed by atoms with Crippen molar-refractivity contribution in [3.8, 4) is 17.0 Å². The first-order valence-electron chi connectivity index (χ1n) is 13.2. The summed E-state index contributed by atoms with van der Waals surface area (Å²) >= 11 is 2.20. The van der Waals surface area contributed by atoms with Gasteiger partial charge in [-0.1, -0.05) is 20.4 Å². The summed E-state index contributed by atoms with van der Waals surface area (Å²) in [6, 6.07) is 3.46. The number of fused-ring (bicyclic) bond motifs is 1. The number of aromatic nitrogens is 6. The molecule has 0 bridgehead atoms. The molecule has 0 aliphatic heterocycles. The van der Waals surface area contributed by atoms with E-state index in [1.54, 1.807) is 22.3 Å². The SMILES string of the molecule is C=Cc1nn(PI)c2c(F)cc(-c3c(COC)nn(C)c3OC(C)CN(C)Cc3c(C)c(C)nn3C)cc12.CC. The Kier molecular flexibility index (Phi) is 11.3. The molecule has 2 atom stereocenters. The number of halogens is 2. The van der Waals surface area contributed by atoms with Gasteiger partial charge in [-0.3, -0.25) is 9.58 Å². The van der Waals surface area contributed by atoms with Gasteiger partial charge in [-0.15, -0.1) is 0 Å². The highest BCUT2D eigenvalue weighted by atomic mass is 127. The fourth-order valence-electron chi connectivity index (χ4n) is 4.82. The van der Waals surface area contributed by atoms with E-state index in [-0.39, 0.29) is 24.9 Å². The molecule has 0 amide bonds. The van der Waals surface area contributed by atoms with Crippen LogP contribution < -0.4 is 4.74 Å². The van der Waals surface area contributed by atoms with Crippen molar-refractivity contribution < 1.29 is 13.9 Å². The Labute approximate surface area is 251 Å². The van der Waals surface area contributed by atoms with Crippen LogP contribution in [0.3, 0.4) is 0 Å². The second kappa shape index (κ2) is 14.0. The smallest absolute Gasteiger partial charge is 0.220 e. The Morgan fingerprint density at radius 2 is 1.88 bits per heavy atom. The summed E-state index contributed by atoms with van der Waals surface area (Å²) in [4.78, 5) is 2.21. The number of hydrogen-bond acceptors (Lipinski definition) is 6. The molecule has 1 aromatic carbocycles. The molecule has 0 spiro atoms. The van der Waals surface area contributed by atoms with E-state index < -0.39 is 0 Å². The number of likely N-dealkylation sites (N-methyl/N-ethyl adjacent to an activating group) is 1. The van der Waals surface area contributed by atoms with E-state index in [4.69, 9.17) is 9.47 Å². The standard InChI is InChI=1S/C26H34FIN7O2P.C2H6/c1-9-21-19-10-18(11-20(27)25(19)35(31-21)38-28)24-22(14-36-8)30-34(7)26(24)37-15(2)12-32(5)13-23-16(3)17(4)29-33(23)6;1-2/h9-11,15,38H,1,12-14H2,2-8H3;1-2H3. The predicted molar refractivity (Wildman–Crippen MR) is 171 cm³/mol.